The topological polar surface area (TPSA) is 61.4 Å². The molecule has 1 unspecified atom stereocenters. The number of rotatable bonds is 6. The van der Waals surface area contributed by atoms with Crippen LogP contribution in [0.15, 0.2) is 48.5 Å². The van der Waals surface area contributed by atoms with Gasteiger partial charge in [0, 0.05) is 23.2 Å². The van der Waals surface area contributed by atoms with Crippen LogP contribution in [0, 0.1) is 5.82 Å². The van der Waals surface area contributed by atoms with Crippen molar-refractivity contribution >= 4 is 11.8 Å². The van der Waals surface area contributed by atoms with Crippen molar-refractivity contribution in [3.8, 4) is 0 Å². The summed E-state index contributed by atoms with van der Waals surface area (Å²) in [5, 5.41) is 5.77. The molecule has 0 saturated carbocycles. The van der Waals surface area contributed by atoms with Gasteiger partial charge < -0.3 is 15.5 Å². The van der Waals surface area contributed by atoms with Gasteiger partial charge in [-0.2, -0.15) is 0 Å². The summed E-state index contributed by atoms with van der Waals surface area (Å²) in [7, 11) is 3.76. The van der Waals surface area contributed by atoms with Crippen molar-refractivity contribution in [1.82, 2.24) is 15.5 Å². The van der Waals surface area contributed by atoms with E-state index in [0.717, 1.165) is 5.56 Å². The highest BCUT2D eigenvalue weighted by Crippen LogP contribution is 2.18. The lowest BCUT2D eigenvalue weighted by Gasteiger charge is -2.25. The van der Waals surface area contributed by atoms with Crippen LogP contribution in [0.1, 0.15) is 53.1 Å². The fraction of sp³-hybridized carbons (Fsp3) is 0.364. The first kappa shape index (κ1) is 21.6. The molecule has 2 aromatic carbocycles. The Balaban J connectivity index is 2.03. The van der Waals surface area contributed by atoms with E-state index in [0.29, 0.717) is 17.7 Å². The summed E-state index contributed by atoms with van der Waals surface area (Å²) in [6, 6.07) is 12.7. The van der Waals surface area contributed by atoms with Gasteiger partial charge in [-0.25, -0.2) is 4.39 Å². The average Bonchev–Trinajstić information content (AvgIpc) is 2.60. The number of likely N-dealkylation sites (N-methyl/N-ethyl adjacent to an activating group) is 1. The molecule has 2 amide bonds. The normalized spacial score (nSPS) is 12.5. The fourth-order valence-electron chi connectivity index (χ4n) is 2.79. The summed E-state index contributed by atoms with van der Waals surface area (Å²) >= 11 is 0. The van der Waals surface area contributed by atoms with Crippen LogP contribution in [0.3, 0.4) is 0 Å². The summed E-state index contributed by atoms with van der Waals surface area (Å²) in [5.74, 6) is -0.732. The highest BCUT2D eigenvalue weighted by atomic mass is 19.1. The van der Waals surface area contributed by atoms with E-state index < -0.39 is 0 Å². The van der Waals surface area contributed by atoms with Crippen LogP contribution in [-0.2, 0) is 0 Å². The molecule has 2 rings (SSSR count). The van der Waals surface area contributed by atoms with Gasteiger partial charge in [-0.3, -0.25) is 9.59 Å². The Labute approximate surface area is 165 Å². The number of halogens is 1. The first-order valence-corrected chi connectivity index (χ1v) is 9.19. The van der Waals surface area contributed by atoms with Crippen molar-refractivity contribution in [1.29, 1.82) is 0 Å². The number of hydrogen-bond donors (Lipinski definition) is 2. The largest absolute Gasteiger partial charge is 0.350 e. The lowest BCUT2D eigenvalue weighted by Crippen LogP contribution is -2.40. The Morgan fingerprint density at radius 1 is 1.00 bits per heavy atom. The number of nitrogens with zero attached hydrogens (tertiary/aromatic N) is 1. The second kappa shape index (κ2) is 8.97. The van der Waals surface area contributed by atoms with Gasteiger partial charge in [0.2, 0.25) is 0 Å². The maximum Gasteiger partial charge on any atom is 0.251 e. The molecule has 0 saturated heterocycles. The fourth-order valence-corrected chi connectivity index (χ4v) is 2.79. The van der Waals surface area contributed by atoms with Crippen LogP contribution in [-0.4, -0.2) is 42.9 Å². The lowest BCUT2D eigenvalue weighted by molar-refractivity contribution is 0.0914. The molecule has 28 heavy (non-hydrogen) atoms. The van der Waals surface area contributed by atoms with Gasteiger partial charge in [0.15, 0.2) is 0 Å². The maximum atomic E-state index is 13.5. The van der Waals surface area contributed by atoms with Crippen LogP contribution < -0.4 is 10.6 Å². The molecule has 0 heterocycles. The number of carbonyl (C=O) groups is 2. The van der Waals surface area contributed by atoms with Crippen molar-refractivity contribution in [2.45, 2.75) is 32.4 Å². The highest BCUT2D eigenvalue weighted by Gasteiger charge is 2.18. The molecule has 0 fully saturated rings. The molecular formula is C22H28FN3O2. The predicted molar refractivity (Wildman–Crippen MR) is 109 cm³/mol. The van der Waals surface area contributed by atoms with Gasteiger partial charge in [-0.15, -0.1) is 0 Å². The smallest absolute Gasteiger partial charge is 0.251 e. The van der Waals surface area contributed by atoms with Gasteiger partial charge in [-0.1, -0.05) is 12.1 Å². The minimum Gasteiger partial charge on any atom is -0.350 e. The zero-order chi connectivity index (χ0) is 20.9. The average molecular weight is 385 g/mol. The second-order valence-corrected chi connectivity index (χ2v) is 8.03. The van der Waals surface area contributed by atoms with Crippen LogP contribution in [0.2, 0.25) is 0 Å². The third kappa shape index (κ3) is 6.16. The Hall–Kier alpha value is -2.73. The lowest BCUT2D eigenvalue weighted by atomic mass is 10.0. The third-order valence-electron chi connectivity index (χ3n) is 4.21. The summed E-state index contributed by atoms with van der Waals surface area (Å²) in [6.45, 7) is 6.06. The van der Waals surface area contributed by atoms with Gasteiger partial charge in [0.05, 0.1) is 6.04 Å². The van der Waals surface area contributed by atoms with Crippen molar-refractivity contribution < 1.29 is 14.0 Å². The molecule has 0 aromatic heterocycles. The molecule has 1 atom stereocenters. The second-order valence-electron chi connectivity index (χ2n) is 8.03. The molecule has 0 aliphatic heterocycles. The van der Waals surface area contributed by atoms with Crippen LogP contribution in [0.5, 0.6) is 0 Å². The molecule has 0 spiro atoms. The van der Waals surface area contributed by atoms with E-state index in [-0.39, 0.29) is 29.2 Å². The minimum atomic E-state index is -0.328. The van der Waals surface area contributed by atoms with Crippen molar-refractivity contribution in [2.24, 2.45) is 0 Å². The van der Waals surface area contributed by atoms with Crippen molar-refractivity contribution in [3.05, 3.63) is 71.0 Å². The maximum absolute atomic E-state index is 13.5. The van der Waals surface area contributed by atoms with Crippen LogP contribution in [0.25, 0.3) is 0 Å². The highest BCUT2D eigenvalue weighted by molar-refractivity contribution is 5.98. The van der Waals surface area contributed by atoms with E-state index in [9.17, 15) is 14.0 Å². The van der Waals surface area contributed by atoms with E-state index in [2.05, 4.69) is 10.6 Å². The Kier molecular flexibility index (Phi) is 6.91. The standard InChI is InChI=1S/C22H28FN3O2/c1-22(2,3)25-21(28)16-11-9-15(10-12-16)20(27)24-14-19(26(4)5)17-7-6-8-18(23)13-17/h6-13,19H,14H2,1-5H3,(H,24,27)(H,25,28). The van der Waals surface area contributed by atoms with Gasteiger partial charge >= 0.3 is 0 Å². The molecule has 5 nitrogen and oxygen atoms in total. The number of carbonyl (C=O) groups excluding carboxylic acids is 2. The van der Waals surface area contributed by atoms with E-state index in [1.807, 2.05) is 45.8 Å². The van der Waals surface area contributed by atoms with E-state index in [1.165, 1.54) is 12.1 Å². The molecule has 2 aromatic rings. The monoisotopic (exact) mass is 385 g/mol. The third-order valence-corrected chi connectivity index (χ3v) is 4.21. The molecule has 0 aliphatic rings. The van der Waals surface area contributed by atoms with E-state index >= 15 is 0 Å². The molecule has 0 aliphatic carbocycles. The van der Waals surface area contributed by atoms with Gasteiger partial charge in [0.1, 0.15) is 5.82 Å². The summed E-state index contributed by atoms with van der Waals surface area (Å²) in [5.41, 5.74) is 1.42. The minimum absolute atomic E-state index is 0.156. The molecule has 2 N–H and O–H groups in total. The SMILES string of the molecule is CN(C)C(CNC(=O)c1ccc(C(=O)NC(C)(C)C)cc1)c1cccc(F)c1. The first-order chi connectivity index (χ1) is 13.1. The Bertz CT molecular complexity index is 826. The van der Waals surface area contributed by atoms with Gasteiger partial charge in [0.25, 0.3) is 11.8 Å². The predicted octanol–water partition coefficient (Wildman–Crippen LogP) is 3.39. The molecule has 6 heteroatoms. The zero-order valence-electron chi connectivity index (χ0n) is 17.0. The number of hydrogen-bond acceptors (Lipinski definition) is 3. The number of amides is 2. The summed E-state index contributed by atoms with van der Waals surface area (Å²) in [4.78, 5) is 26.6. The molecule has 0 radical (unpaired) electrons. The van der Waals surface area contributed by atoms with E-state index in [4.69, 9.17) is 0 Å². The van der Waals surface area contributed by atoms with Crippen molar-refractivity contribution in [3.63, 3.8) is 0 Å². The Morgan fingerprint density at radius 2 is 1.57 bits per heavy atom. The molecular weight excluding hydrogens is 357 g/mol. The van der Waals surface area contributed by atoms with Gasteiger partial charge in [-0.05, 0) is 76.8 Å². The summed E-state index contributed by atoms with van der Waals surface area (Å²) in [6.07, 6.45) is 0. The van der Waals surface area contributed by atoms with Crippen LogP contribution in [0.4, 0.5) is 4.39 Å². The van der Waals surface area contributed by atoms with Crippen molar-refractivity contribution in [2.75, 3.05) is 20.6 Å². The van der Waals surface area contributed by atoms with Crippen LogP contribution >= 0.6 is 0 Å². The molecule has 0 bridgehead atoms. The summed E-state index contributed by atoms with van der Waals surface area (Å²) < 4.78 is 13.5. The Morgan fingerprint density at radius 3 is 2.07 bits per heavy atom. The quantitative estimate of drug-likeness (QED) is 0.801. The molecule has 150 valence electrons. The number of benzene rings is 2. The zero-order valence-corrected chi connectivity index (χ0v) is 17.0. The van der Waals surface area contributed by atoms with E-state index in [1.54, 1.807) is 30.3 Å². The first-order valence-electron chi connectivity index (χ1n) is 9.19. The number of nitrogens with one attached hydrogen (secondary N) is 2.